The van der Waals surface area contributed by atoms with E-state index in [2.05, 4.69) is 29.6 Å². The van der Waals surface area contributed by atoms with Gasteiger partial charge in [-0.3, -0.25) is 0 Å². The number of benzene rings is 1. The third kappa shape index (κ3) is 3.33. The molecule has 1 heterocycles. The lowest BCUT2D eigenvalue weighted by atomic mass is 9.75. The summed E-state index contributed by atoms with van der Waals surface area (Å²) < 4.78 is 10.7. The molecular weight excluding hydrogens is 250 g/mol. The van der Waals surface area contributed by atoms with E-state index in [1.165, 1.54) is 31.2 Å². The molecule has 2 aliphatic rings. The van der Waals surface area contributed by atoms with E-state index in [9.17, 15) is 0 Å². The van der Waals surface area contributed by atoms with Crippen LogP contribution in [0.4, 0.5) is 0 Å². The van der Waals surface area contributed by atoms with Crippen molar-refractivity contribution in [3.05, 3.63) is 29.8 Å². The zero-order chi connectivity index (χ0) is 13.8. The normalized spacial score (nSPS) is 29.8. The molecule has 0 bridgehead atoms. The highest BCUT2D eigenvalue weighted by atomic mass is 16.5. The largest absolute Gasteiger partial charge is 0.497 e. The second-order valence-corrected chi connectivity index (χ2v) is 6.13. The van der Waals surface area contributed by atoms with Gasteiger partial charge in [-0.15, -0.1) is 0 Å². The van der Waals surface area contributed by atoms with E-state index < -0.39 is 0 Å². The summed E-state index contributed by atoms with van der Waals surface area (Å²) in [4.78, 5) is 0. The van der Waals surface area contributed by atoms with Gasteiger partial charge >= 0.3 is 0 Å². The second kappa shape index (κ2) is 6.59. The Labute approximate surface area is 121 Å². The molecule has 1 saturated carbocycles. The predicted octanol–water partition coefficient (Wildman–Crippen LogP) is 2.96. The first kappa shape index (κ1) is 13.9. The van der Waals surface area contributed by atoms with Crippen LogP contribution in [0.25, 0.3) is 0 Å². The van der Waals surface area contributed by atoms with Crippen molar-refractivity contribution in [3.63, 3.8) is 0 Å². The highest BCUT2D eigenvalue weighted by molar-refractivity contribution is 5.30. The van der Waals surface area contributed by atoms with Crippen LogP contribution >= 0.6 is 0 Å². The molecule has 20 heavy (non-hydrogen) atoms. The van der Waals surface area contributed by atoms with E-state index in [0.717, 1.165) is 37.3 Å². The minimum atomic E-state index is 0.698. The molecule has 3 rings (SSSR count). The van der Waals surface area contributed by atoms with Crippen molar-refractivity contribution in [3.8, 4) is 5.75 Å². The van der Waals surface area contributed by atoms with Crippen LogP contribution in [-0.2, 0) is 4.74 Å². The van der Waals surface area contributed by atoms with Crippen LogP contribution in [0.5, 0.6) is 5.75 Å². The maximum atomic E-state index is 5.53. The van der Waals surface area contributed by atoms with Gasteiger partial charge in [-0.25, -0.2) is 0 Å². The highest BCUT2D eigenvalue weighted by Crippen LogP contribution is 2.37. The molecule has 3 heteroatoms. The average Bonchev–Trinajstić information content (AvgIpc) is 2.47. The van der Waals surface area contributed by atoms with E-state index in [1.807, 2.05) is 0 Å². The topological polar surface area (TPSA) is 30.5 Å². The molecule has 0 radical (unpaired) electrons. The summed E-state index contributed by atoms with van der Waals surface area (Å²) in [6.07, 6.45) is 5.08. The molecule has 1 aromatic rings. The third-order valence-corrected chi connectivity index (χ3v) is 4.68. The number of ether oxygens (including phenoxy) is 2. The molecule has 0 aromatic heterocycles. The number of hydrogen-bond donors (Lipinski definition) is 1. The number of rotatable bonds is 5. The maximum Gasteiger partial charge on any atom is 0.118 e. The highest BCUT2D eigenvalue weighted by Gasteiger charge is 2.30. The van der Waals surface area contributed by atoms with Crippen molar-refractivity contribution < 1.29 is 9.47 Å². The number of hydrogen-bond acceptors (Lipinski definition) is 3. The van der Waals surface area contributed by atoms with Crippen molar-refractivity contribution >= 4 is 0 Å². The molecule has 1 N–H and O–H groups in total. The van der Waals surface area contributed by atoms with Crippen molar-refractivity contribution in [2.45, 2.75) is 37.6 Å². The van der Waals surface area contributed by atoms with Gasteiger partial charge in [0.25, 0.3) is 0 Å². The zero-order valence-corrected chi connectivity index (χ0v) is 12.3. The van der Waals surface area contributed by atoms with Crippen LogP contribution in [0.15, 0.2) is 24.3 Å². The van der Waals surface area contributed by atoms with Gasteiger partial charge < -0.3 is 14.8 Å². The Kier molecular flexibility index (Phi) is 4.58. The fraction of sp³-hybridized carbons (Fsp3) is 0.647. The van der Waals surface area contributed by atoms with Crippen LogP contribution in [-0.4, -0.2) is 32.9 Å². The molecule has 1 aliphatic heterocycles. The maximum absolute atomic E-state index is 5.53. The standard InChI is InChI=1S/C17H25NO2/c1-19-17-6-4-14(5-7-17)15-9-16(10-15)18-11-13-3-2-8-20-12-13/h4-7,13,15-16,18H,2-3,8-12H2,1H3. The van der Waals surface area contributed by atoms with Crippen molar-refractivity contribution in [1.82, 2.24) is 5.32 Å². The SMILES string of the molecule is COc1ccc(C2CC(NCC3CCCOC3)C2)cc1. The summed E-state index contributed by atoms with van der Waals surface area (Å²) in [7, 11) is 1.72. The summed E-state index contributed by atoms with van der Waals surface area (Å²) in [5, 5.41) is 3.71. The lowest BCUT2D eigenvalue weighted by Crippen LogP contribution is -2.43. The quantitative estimate of drug-likeness (QED) is 0.896. The summed E-state index contributed by atoms with van der Waals surface area (Å²) in [6.45, 7) is 3.03. The van der Waals surface area contributed by atoms with Crippen molar-refractivity contribution in [2.24, 2.45) is 5.92 Å². The number of methoxy groups -OCH3 is 1. The zero-order valence-electron chi connectivity index (χ0n) is 12.3. The molecule has 1 aliphatic carbocycles. The summed E-state index contributed by atoms with van der Waals surface area (Å²) >= 11 is 0. The lowest BCUT2D eigenvalue weighted by molar-refractivity contribution is 0.0521. The van der Waals surface area contributed by atoms with Crippen LogP contribution in [0.2, 0.25) is 0 Å². The Hall–Kier alpha value is -1.06. The van der Waals surface area contributed by atoms with Crippen LogP contribution in [0, 0.1) is 5.92 Å². The molecule has 1 saturated heterocycles. The van der Waals surface area contributed by atoms with Gasteiger partial charge in [-0.2, -0.15) is 0 Å². The van der Waals surface area contributed by atoms with Crippen molar-refractivity contribution in [2.75, 3.05) is 26.9 Å². The molecular formula is C17H25NO2. The van der Waals surface area contributed by atoms with Gasteiger partial charge in [-0.05, 0) is 55.2 Å². The first-order chi connectivity index (χ1) is 9.85. The van der Waals surface area contributed by atoms with E-state index in [1.54, 1.807) is 7.11 Å². The Morgan fingerprint density at radius 2 is 2.05 bits per heavy atom. The molecule has 1 unspecified atom stereocenters. The van der Waals surface area contributed by atoms with Gasteiger partial charge in [0.2, 0.25) is 0 Å². The van der Waals surface area contributed by atoms with Crippen LogP contribution in [0.3, 0.4) is 0 Å². The molecule has 1 atom stereocenters. The third-order valence-electron chi connectivity index (χ3n) is 4.68. The van der Waals surface area contributed by atoms with Gasteiger partial charge in [-0.1, -0.05) is 12.1 Å². The molecule has 2 fully saturated rings. The Balaban J connectivity index is 1.39. The molecule has 110 valence electrons. The van der Waals surface area contributed by atoms with E-state index >= 15 is 0 Å². The monoisotopic (exact) mass is 275 g/mol. The lowest BCUT2D eigenvalue weighted by Gasteiger charge is -2.37. The van der Waals surface area contributed by atoms with E-state index in [0.29, 0.717) is 6.04 Å². The fourth-order valence-corrected chi connectivity index (χ4v) is 3.23. The smallest absolute Gasteiger partial charge is 0.118 e. The summed E-state index contributed by atoms with van der Waals surface area (Å²) in [5.41, 5.74) is 1.45. The van der Waals surface area contributed by atoms with E-state index in [-0.39, 0.29) is 0 Å². The van der Waals surface area contributed by atoms with Crippen LogP contribution in [0.1, 0.15) is 37.2 Å². The first-order valence-corrected chi connectivity index (χ1v) is 7.80. The second-order valence-electron chi connectivity index (χ2n) is 6.13. The van der Waals surface area contributed by atoms with Crippen molar-refractivity contribution in [1.29, 1.82) is 0 Å². The number of nitrogens with one attached hydrogen (secondary N) is 1. The minimum Gasteiger partial charge on any atom is -0.497 e. The molecule has 1 aromatic carbocycles. The molecule has 3 nitrogen and oxygen atoms in total. The van der Waals surface area contributed by atoms with Crippen LogP contribution < -0.4 is 10.1 Å². The summed E-state index contributed by atoms with van der Waals surface area (Å²) in [5.74, 6) is 2.39. The fourth-order valence-electron chi connectivity index (χ4n) is 3.23. The molecule has 0 amide bonds. The van der Waals surface area contributed by atoms with Gasteiger partial charge in [0.15, 0.2) is 0 Å². The minimum absolute atomic E-state index is 0.698. The van der Waals surface area contributed by atoms with E-state index in [4.69, 9.17) is 9.47 Å². The first-order valence-electron chi connectivity index (χ1n) is 7.80. The Bertz CT molecular complexity index is 406. The molecule has 0 spiro atoms. The predicted molar refractivity (Wildman–Crippen MR) is 80.3 cm³/mol. The Morgan fingerprint density at radius 1 is 1.25 bits per heavy atom. The Morgan fingerprint density at radius 3 is 2.70 bits per heavy atom. The van der Waals surface area contributed by atoms with Gasteiger partial charge in [0, 0.05) is 19.2 Å². The van der Waals surface area contributed by atoms with Gasteiger partial charge in [0.1, 0.15) is 5.75 Å². The average molecular weight is 275 g/mol. The van der Waals surface area contributed by atoms with Gasteiger partial charge in [0.05, 0.1) is 13.7 Å². The summed E-state index contributed by atoms with van der Waals surface area (Å²) in [6, 6.07) is 9.23.